The van der Waals surface area contributed by atoms with Crippen LogP contribution in [0.2, 0.25) is 0 Å². The number of carbonyl (C=O) groups excluding carboxylic acids is 1. The first-order valence-corrected chi connectivity index (χ1v) is 9.10. The third-order valence-corrected chi connectivity index (χ3v) is 4.79. The summed E-state index contributed by atoms with van der Waals surface area (Å²) in [6, 6.07) is 8.23. The van der Waals surface area contributed by atoms with Gasteiger partial charge in [0.2, 0.25) is 0 Å². The van der Waals surface area contributed by atoms with Gasteiger partial charge in [0.1, 0.15) is 0 Å². The number of hydrogen-bond donors (Lipinski definition) is 2. The first-order chi connectivity index (χ1) is 11.9. The topological polar surface area (TPSA) is 59.0 Å². The van der Waals surface area contributed by atoms with E-state index in [0.717, 1.165) is 38.0 Å². The molecular weight excluding hydrogens is 312 g/mol. The maximum Gasteiger partial charge on any atom is 0.255 e. The zero-order valence-electron chi connectivity index (χ0n) is 15.4. The Morgan fingerprint density at radius 2 is 1.96 bits per heavy atom. The molecule has 1 aromatic heterocycles. The fraction of sp³-hybridized carbons (Fsp3) is 0.500. The molecule has 2 heterocycles. The summed E-state index contributed by atoms with van der Waals surface area (Å²) in [5, 5.41) is 10.8. The summed E-state index contributed by atoms with van der Waals surface area (Å²) in [6.45, 7) is 8.59. The van der Waals surface area contributed by atoms with E-state index in [4.69, 9.17) is 0 Å². The molecule has 1 fully saturated rings. The Bertz CT molecular complexity index is 704. The summed E-state index contributed by atoms with van der Waals surface area (Å²) in [7, 11) is 0. The quantitative estimate of drug-likeness (QED) is 0.895. The second-order valence-corrected chi connectivity index (χ2v) is 7.83. The lowest BCUT2D eigenvalue weighted by molar-refractivity contribution is 0.102. The summed E-state index contributed by atoms with van der Waals surface area (Å²) < 4.78 is 1.99. The maximum absolute atomic E-state index is 12.5. The molecule has 1 amide bonds. The maximum atomic E-state index is 12.5. The lowest BCUT2D eigenvalue weighted by Crippen LogP contribution is -2.15. The average molecular weight is 340 g/mol. The second-order valence-electron chi connectivity index (χ2n) is 7.83. The van der Waals surface area contributed by atoms with Gasteiger partial charge >= 0.3 is 0 Å². The van der Waals surface area contributed by atoms with Crippen molar-refractivity contribution in [2.24, 2.45) is 0 Å². The number of nitrogens with one attached hydrogen (secondary N) is 2. The van der Waals surface area contributed by atoms with Gasteiger partial charge in [-0.05, 0) is 55.5 Å². The predicted molar refractivity (Wildman–Crippen MR) is 101 cm³/mol. The number of amides is 1. The van der Waals surface area contributed by atoms with Gasteiger partial charge in [0.25, 0.3) is 5.91 Å². The Morgan fingerprint density at radius 3 is 2.68 bits per heavy atom. The van der Waals surface area contributed by atoms with Crippen LogP contribution >= 0.6 is 0 Å². The van der Waals surface area contributed by atoms with E-state index >= 15 is 0 Å². The largest absolute Gasteiger partial charge is 0.319 e. The Morgan fingerprint density at radius 1 is 1.20 bits per heavy atom. The highest BCUT2D eigenvalue weighted by Crippen LogP contribution is 2.23. The van der Waals surface area contributed by atoms with Gasteiger partial charge in [0.15, 0.2) is 0 Å². The van der Waals surface area contributed by atoms with Gasteiger partial charge in [0.05, 0.1) is 17.9 Å². The molecule has 0 saturated carbocycles. The van der Waals surface area contributed by atoms with Gasteiger partial charge in [-0.2, -0.15) is 5.10 Å². The third kappa shape index (κ3) is 4.48. The Hall–Kier alpha value is -2.14. The number of aromatic nitrogens is 2. The van der Waals surface area contributed by atoms with E-state index in [2.05, 4.69) is 36.5 Å². The number of carbonyl (C=O) groups is 1. The second kappa shape index (κ2) is 7.40. The highest BCUT2D eigenvalue weighted by atomic mass is 16.1. The van der Waals surface area contributed by atoms with E-state index in [1.807, 2.05) is 35.1 Å². The summed E-state index contributed by atoms with van der Waals surface area (Å²) >= 11 is 0. The minimum Gasteiger partial charge on any atom is -0.319 e. The molecule has 3 rings (SSSR count). The van der Waals surface area contributed by atoms with Gasteiger partial charge < -0.3 is 10.6 Å². The molecule has 0 spiro atoms. The van der Waals surface area contributed by atoms with Gasteiger partial charge in [-0.1, -0.05) is 32.9 Å². The molecule has 5 heteroatoms. The number of hydrogen-bond acceptors (Lipinski definition) is 3. The molecule has 134 valence electrons. The highest BCUT2D eigenvalue weighted by Gasteiger charge is 2.17. The zero-order valence-corrected chi connectivity index (χ0v) is 15.4. The van der Waals surface area contributed by atoms with Crippen LogP contribution in [-0.4, -0.2) is 28.8 Å². The molecule has 5 nitrogen and oxygen atoms in total. The van der Waals surface area contributed by atoms with Crippen LogP contribution < -0.4 is 10.6 Å². The standard InChI is InChI=1S/C20H28N4O/c1-20(2,3)16-8-6-15(7-9-16)19(25)23-17-13-22-24(14-17)18-5-4-11-21-12-10-18/h6-9,13-14,18,21H,4-5,10-12H2,1-3H3,(H,23,25). The first kappa shape index (κ1) is 17.7. The third-order valence-electron chi connectivity index (χ3n) is 4.79. The summed E-state index contributed by atoms with van der Waals surface area (Å²) in [5.41, 5.74) is 2.73. The van der Waals surface area contributed by atoms with Gasteiger partial charge in [-0.15, -0.1) is 0 Å². The van der Waals surface area contributed by atoms with Crippen LogP contribution in [0.15, 0.2) is 36.7 Å². The average Bonchev–Trinajstić information content (AvgIpc) is 2.87. The van der Waals surface area contributed by atoms with Crippen molar-refractivity contribution >= 4 is 11.6 Å². The Balaban J connectivity index is 1.65. The van der Waals surface area contributed by atoms with Crippen LogP contribution in [0.1, 0.15) is 62.0 Å². The van der Waals surface area contributed by atoms with Crippen LogP contribution in [0.3, 0.4) is 0 Å². The molecule has 2 aromatic rings. The summed E-state index contributed by atoms with van der Waals surface area (Å²) in [4.78, 5) is 12.5. The SMILES string of the molecule is CC(C)(C)c1ccc(C(=O)Nc2cnn(C3CCCNCC3)c2)cc1. The van der Waals surface area contributed by atoms with Crippen molar-refractivity contribution in [3.05, 3.63) is 47.8 Å². The summed E-state index contributed by atoms with van der Waals surface area (Å²) in [6.07, 6.45) is 7.03. The van der Waals surface area contributed by atoms with Gasteiger partial charge in [-0.3, -0.25) is 9.48 Å². The predicted octanol–water partition coefficient (Wildman–Crippen LogP) is 3.75. The number of benzene rings is 1. The van der Waals surface area contributed by atoms with Crippen molar-refractivity contribution in [1.29, 1.82) is 0 Å². The molecule has 1 aromatic carbocycles. The molecule has 1 atom stereocenters. The van der Waals surface area contributed by atoms with Crippen molar-refractivity contribution in [2.75, 3.05) is 18.4 Å². The minimum atomic E-state index is -0.0949. The molecule has 1 aliphatic heterocycles. The van der Waals surface area contributed by atoms with Crippen LogP contribution in [-0.2, 0) is 5.41 Å². The van der Waals surface area contributed by atoms with Crippen LogP contribution in [0.4, 0.5) is 5.69 Å². The van der Waals surface area contributed by atoms with Crippen molar-refractivity contribution in [1.82, 2.24) is 15.1 Å². The normalized spacial score (nSPS) is 18.6. The van der Waals surface area contributed by atoms with Gasteiger partial charge in [0, 0.05) is 11.8 Å². The molecule has 25 heavy (non-hydrogen) atoms. The van der Waals surface area contributed by atoms with E-state index in [0.29, 0.717) is 11.6 Å². The summed E-state index contributed by atoms with van der Waals surface area (Å²) in [5.74, 6) is -0.0949. The lowest BCUT2D eigenvalue weighted by Gasteiger charge is -2.19. The molecule has 2 N–H and O–H groups in total. The lowest BCUT2D eigenvalue weighted by atomic mass is 9.87. The van der Waals surface area contributed by atoms with E-state index in [1.165, 1.54) is 5.56 Å². The van der Waals surface area contributed by atoms with E-state index in [9.17, 15) is 4.79 Å². The number of anilines is 1. The molecule has 0 aliphatic carbocycles. The minimum absolute atomic E-state index is 0.0870. The molecule has 1 aliphatic rings. The Labute approximate surface area is 149 Å². The van der Waals surface area contributed by atoms with Crippen molar-refractivity contribution in [3.63, 3.8) is 0 Å². The van der Waals surface area contributed by atoms with Crippen LogP contribution in [0.25, 0.3) is 0 Å². The smallest absolute Gasteiger partial charge is 0.255 e. The highest BCUT2D eigenvalue weighted by molar-refractivity contribution is 6.04. The van der Waals surface area contributed by atoms with E-state index in [-0.39, 0.29) is 11.3 Å². The fourth-order valence-electron chi connectivity index (χ4n) is 3.19. The zero-order chi connectivity index (χ0) is 17.9. The molecule has 0 radical (unpaired) electrons. The van der Waals surface area contributed by atoms with Crippen molar-refractivity contribution < 1.29 is 4.79 Å². The molecule has 0 bridgehead atoms. The molecule has 1 unspecified atom stereocenters. The Kier molecular flexibility index (Phi) is 5.23. The van der Waals surface area contributed by atoms with E-state index in [1.54, 1.807) is 6.20 Å². The number of nitrogens with zero attached hydrogens (tertiary/aromatic N) is 2. The molecule has 1 saturated heterocycles. The molecular formula is C20H28N4O. The first-order valence-electron chi connectivity index (χ1n) is 9.10. The van der Waals surface area contributed by atoms with Crippen LogP contribution in [0, 0.1) is 0 Å². The number of rotatable bonds is 3. The monoisotopic (exact) mass is 340 g/mol. The van der Waals surface area contributed by atoms with Crippen molar-refractivity contribution in [3.8, 4) is 0 Å². The fourth-order valence-corrected chi connectivity index (χ4v) is 3.19. The van der Waals surface area contributed by atoms with E-state index < -0.39 is 0 Å². The van der Waals surface area contributed by atoms with Gasteiger partial charge in [-0.25, -0.2) is 0 Å². The van der Waals surface area contributed by atoms with Crippen molar-refractivity contribution in [2.45, 2.75) is 51.5 Å². The van der Waals surface area contributed by atoms with Crippen LogP contribution in [0.5, 0.6) is 0 Å².